The predicted octanol–water partition coefficient (Wildman–Crippen LogP) is 5.13. The van der Waals surface area contributed by atoms with Gasteiger partial charge in [0, 0.05) is 35.9 Å². The summed E-state index contributed by atoms with van der Waals surface area (Å²) in [6, 6.07) is 21.7. The minimum atomic E-state index is -0.858. The quantitative estimate of drug-likeness (QED) is 0.603. The topological polar surface area (TPSA) is 28.6 Å². The smallest absolute Gasteiger partial charge is 0.279 e. The number of para-hydroxylation sites is 2. The number of benzene rings is 2. The number of pyridine rings is 1. The highest BCUT2D eigenvalue weighted by atomic mass is 31.2. The standard InChI is InChI=1S/C21H22N3OP/c1-16-12-13-17-7-5-11-20(21(17)22-16)25-26-23-14-6-10-19(23)15-24(26)18-8-3-2-4-9-18/h2-5,7-9,11-13,19H,6,10,14-15H2,1H3/t19-,26?/m0/s1. The third-order valence-electron chi connectivity index (χ3n) is 5.21. The molecular weight excluding hydrogens is 341 g/mol. The highest BCUT2D eigenvalue weighted by Crippen LogP contribution is 2.57. The Morgan fingerprint density at radius 2 is 1.92 bits per heavy atom. The number of rotatable bonds is 3. The number of aryl methyl sites for hydroxylation is 1. The molecule has 0 radical (unpaired) electrons. The molecule has 0 bridgehead atoms. The lowest BCUT2D eigenvalue weighted by Crippen LogP contribution is -2.20. The summed E-state index contributed by atoms with van der Waals surface area (Å²) in [5.41, 5.74) is 3.23. The minimum absolute atomic E-state index is 0.603. The summed E-state index contributed by atoms with van der Waals surface area (Å²) in [6.07, 6.45) is 2.53. The van der Waals surface area contributed by atoms with Gasteiger partial charge in [-0.3, -0.25) is 0 Å². The summed E-state index contributed by atoms with van der Waals surface area (Å²) in [7, 11) is -0.858. The van der Waals surface area contributed by atoms with Crippen LogP contribution in [0, 0.1) is 6.92 Å². The van der Waals surface area contributed by atoms with E-state index < -0.39 is 8.45 Å². The van der Waals surface area contributed by atoms with E-state index in [-0.39, 0.29) is 0 Å². The van der Waals surface area contributed by atoms with Crippen LogP contribution in [0.25, 0.3) is 10.9 Å². The molecule has 5 heteroatoms. The lowest BCUT2D eigenvalue weighted by Gasteiger charge is -2.29. The first-order valence-corrected chi connectivity index (χ1v) is 10.4. The lowest BCUT2D eigenvalue weighted by atomic mass is 10.2. The molecule has 2 atom stereocenters. The zero-order valence-electron chi connectivity index (χ0n) is 14.9. The molecule has 26 heavy (non-hydrogen) atoms. The van der Waals surface area contributed by atoms with Gasteiger partial charge in [-0.2, -0.15) is 0 Å². The van der Waals surface area contributed by atoms with Crippen LogP contribution in [0.5, 0.6) is 5.75 Å². The summed E-state index contributed by atoms with van der Waals surface area (Å²) in [6.45, 7) is 4.20. The van der Waals surface area contributed by atoms with Crippen molar-refractivity contribution in [3.63, 3.8) is 0 Å². The normalized spacial score (nSPS) is 22.7. The average molecular weight is 363 g/mol. The second-order valence-corrected chi connectivity index (χ2v) is 8.69. The second kappa shape index (κ2) is 6.53. The van der Waals surface area contributed by atoms with Gasteiger partial charge in [-0.25, -0.2) is 9.65 Å². The largest absolute Gasteiger partial charge is 0.438 e. The maximum Gasteiger partial charge on any atom is 0.279 e. The van der Waals surface area contributed by atoms with Gasteiger partial charge in [0.1, 0.15) is 5.52 Å². The van der Waals surface area contributed by atoms with Gasteiger partial charge in [0.15, 0.2) is 5.75 Å². The van der Waals surface area contributed by atoms with Crippen LogP contribution in [0.3, 0.4) is 0 Å². The molecule has 4 nitrogen and oxygen atoms in total. The Morgan fingerprint density at radius 1 is 1.04 bits per heavy atom. The molecule has 132 valence electrons. The van der Waals surface area contributed by atoms with E-state index in [1.54, 1.807) is 0 Å². The van der Waals surface area contributed by atoms with Gasteiger partial charge < -0.3 is 9.19 Å². The molecular formula is C21H22N3OP. The van der Waals surface area contributed by atoms with Crippen molar-refractivity contribution < 1.29 is 4.52 Å². The zero-order valence-corrected chi connectivity index (χ0v) is 15.8. The van der Waals surface area contributed by atoms with E-state index >= 15 is 0 Å². The molecule has 2 aliphatic heterocycles. The van der Waals surface area contributed by atoms with Crippen molar-refractivity contribution in [2.24, 2.45) is 0 Å². The number of fused-ring (bicyclic) bond motifs is 2. The molecule has 3 aromatic rings. The molecule has 0 aliphatic carbocycles. The van der Waals surface area contributed by atoms with Gasteiger partial charge in [0.2, 0.25) is 0 Å². The molecule has 5 rings (SSSR count). The first-order valence-electron chi connectivity index (χ1n) is 9.23. The number of anilines is 1. The van der Waals surface area contributed by atoms with Crippen LogP contribution >= 0.6 is 8.45 Å². The maximum atomic E-state index is 6.68. The third kappa shape index (κ3) is 2.74. The Kier molecular flexibility index (Phi) is 4.03. The van der Waals surface area contributed by atoms with E-state index in [0.29, 0.717) is 6.04 Å². The number of nitrogens with zero attached hydrogens (tertiary/aromatic N) is 3. The molecule has 2 aliphatic rings. The molecule has 2 saturated heterocycles. The number of hydrogen-bond acceptors (Lipinski definition) is 4. The molecule has 1 aromatic heterocycles. The Balaban J connectivity index is 1.54. The zero-order chi connectivity index (χ0) is 17.5. The first-order chi connectivity index (χ1) is 12.8. The fraction of sp³-hybridized carbons (Fsp3) is 0.286. The molecule has 0 spiro atoms. The molecule has 3 heterocycles. The highest BCUT2D eigenvalue weighted by molar-refractivity contribution is 7.52. The van der Waals surface area contributed by atoms with Crippen molar-refractivity contribution in [2.45, 2.75) is 25.8 Å². The fourth-order valence-electron chi connectivity index (χ4n) is 3.92. The molecule has 2 fully saturated rings. The Morgan fingerprint density at radius 3 is 2.81 bits per heavy atom. The van der Waals surface area contributed by atoms with Gasteiger partial charge in [0.25, 0.3) is 8.45 Å². The van der Waals surface area contributed by atoms with Gasteiger partial charge in [-0.1, -0.05) is 36.4 Å². The van der Waals surface area contributed by atoms with Gasteiger partial charge in [0.05, 0.1) is 0 Å². The summed E-state index contributed by atoms with van der Waals surface area (Å²) in [5.74, 6) is 0.894. The van der Waals surface area contributed by atoms with E-state index in [0.717, 1.165) is 35.4 Å². The molecule has 2 aromatic carbocycles. The molecule has 0 N–H and O–H groups in total. The Labute approximate surface area is 155 Å². The van der Waals surface area contributed by atoms with Crippen LogP contribution in [0.2, 0.25) is 0 Å². The van der Waals surface area contributed by atoms with Crippen molar-refractivity contribution in [2.75, 3.05) is 17.8 Å². The van der Waals surface area contributed by atoms with Crippen LogP contribution in [0.4, 0.5) is 5.69 Å². The second-order valence-electron chi connectivity index (χ2n) is 7.00. The van der Waals surface area contributed by atoms with E-state index in [9.17, 15) is 0 Å². The van der Waals surface area contributed by atoms with Gasteiger partial charge >= 0.3 is 0 Å². The molecule has 0 saturated carbocycles. The summed E-state index contributed by atoms with van der Waals surface area (Å²) >= 11 is 0. The monoisotopic (exact) mass is 363 g/mol. The fourth-order valence-corrected chi connectivity index (χ4v) is 6.17. The number of hydrogen-bond donors (Lipinski definition) is 0. The highest BCUT2D eigenvalue weighted by Gasteiger charge is 2.45. The predicted molar refractivity (Wildman–Crippen MR) is 108 cm³/mol. The van der Waals surface area contributed by atoms with E-state index in [2.05, 4.69) is 70.0 Å². The van der Waals surface area contributed by atoms with Crippen molar-refractivity contribution >= 4 is 25.0 Å². The van der Waals surface area contributed by atoms with Crippen LogP contribution in [-0.2, 0) is 0 Å². The summed E-state index contributed by atoms with van der Waals surface area (Å²) in [4.78, 5) is 4.75. The lowest BCUT2D eigenvalue weighted by molar-refractivity contribution is 0.433. The molecule has 0 amide bonds. The third-order valence-corrected chi connectivity index (χ3v) is 7.35. The van der Waals surface area contributed by atoms with Crippen LogP contribution in [0.1, 0.15) is 18.5 Å². The minimum Gasteiger partial charge on any atom is -0.438 e. The summed E-state index contributed by atoms with van der Waals surface area (Å²) < 4.78 is 11.7. The maximum absolute atomic E-state index is 6.68. The van der Waals surface area contributed by atoms with E-state index in [1.807, 2.05) is 6.92 Å². The Hall–Kier alpha value is -2.16. The van der Waals surface area contributed by atoms with Crippen LogP contribution < -0.4 is 9.19 Å². The average Bonchev–Trinajstić information content (AvgIpc) is 3.25. The van der Waals surface area contributed by atoms with Crippen molar-refractivity contribution in [3.05, 3.63) is 66.4 Å². The van der Waals surface area contributed by atoms with Crippen LogP contribution in [-0.4, -0.2) is 28.8 Å². The van der Waals surface area contributed by atoms with E-state index in [1.165, 1.54) is 18.5 Å². The SMILES string of the molecule is Cc1ccc2cccc(OP3N(c4ccccc4)C[C@@H]4CCCN43)c2n1. The van der Waals surface area contributed by atoms with Crippen molar-refractivity contribution in [3.8, 4) is 5.75 Å². The van der Waals surface area contributed by atoms with E-state index in [4.69, 9.17) is 9.51 Å². The molecule has 1 unspecified atom stereocenters. The van der Waals surface area contributed by atoms with Gasteiger partial charge in [-0.05, 0) is 44.0 Å². The first kappa shape index (κ1) is 16.0. The van der Waals surface area contributed by atoms with Crippen molar-refractivity contribution in [1.29, 1.82) is 0 Å². The van der Waals surface area contributed by atoms with Gasteiger partial charge in [-0.15, -0.1) is 0 Å². The number of aromatic nitrogens is 1. The Bertz CT molecular complexity index is 933. The summed E-state index contributed by atoms with van der Waals surface area (Å²) in [5, 5.41) is 1.13. The van der Waals surface area contributed by atoms with Crippen LogP contribution in [0.15, 0.2) is 60.7 Å². The van der Waals surface area contributed by atoms with Crippen molar-refractivity contribution in [1.82, 2.24) is 9.65 Å².